The Morgan fingerprint density at radius 3 is 2.79 bits per heavy atom. The smallest absolute Gasteiger partial charge is 0.182 e. The van der Waals surface area contributed by atoms with Gasteiger partial charge in [-0.3, -0.25) is 4.90 Å². The number of hydrogen-bond donors (Lipinski definition) is 1. The van der Waals surface area contributed by atoms with E-state index >= 15 is 0 Å². The zero-order chi connectivity index (χ0) is 19.7. The van der Waals surface area contributed by atoms with Crippen LogP contribution in [0.1, 0.15) is 31.9 Å². The Bertz CT molecular complexity index is 829. The number of thioether (sulfide) groups is 1. The summed E-state index contributed by atoms with van der Waals surface area (Å²) >= 11 is 1.37. The summed E-state index contributed by atoms with van der Waals surface area (Å²) in [4.78, 5) is 2.86. The third-order valence-electron chi connectivity index (χ3n) is 5.51. The molecule has 2 aromatic carbocycles. The Morgan fingerprint density at radius 2 is 2.07 bits per heavy atom. The van der Waals surface area contributed by atoms with Crippen LogP contribution < -0.4 is 9.47 Å². The van der Waals surface area contributed by atoms with Gasteiger partial charge in [0.2, 0.25) is 0 Å². The number of hydrogen-bond acceptors (Lipinski definition) is 5. The van der Waals surface area contributed by atoms with E-state index in [-0.39, 0.29) is 11.9 Å². The van der Waals surface area contributed by atoms with Crippen molar-refractivity contribution in [1.82, 2.24) is 4.90 Å². The van der Waals surface area contributed by atoms with Crippen molar-refractivity contribution < 1.29 is 19.0 Å². The van der Waals surface area contributed by atoms with Crippen molar-refractivity contribution in [3.05, 3.63) is 47.8 Å². The van der Waals surface area contributed by atoms with Gasteiger partial charge in [0.25, 0.3) is 0 Å². The molecule has 4 nitrogen and oxygen atoms in total. The van der Waals surface area contributed by atoms with Gasteiger partial charge in [-0.1, -0.05) is 19.1 Å². The quantitative estimate of drug-likeness (QED) is 0.772. The van der Waals surface area contributed by atoms with Gasteiger partial charge in [-0.15, -0.1) is 11.8 Å². The standard InChI is InChI=1S/C22H26FNO3S/c1-14-9-10-24(11-14)15(2)12-26-17-5-3-16(4-6-17)20-13-28-22-19(27-20)8-7-18(25)21(22)23/h3-8,14-15,20,25H,9-13H2,1-2H3/t14?,15?,20-/m1/s1. The minimum Gasteiger partial charge on any atom is -0.505 e. The van der Waals surface area contributed by atoms with E-state index in [1.54, 1.807) is 6.07 Å². The number of phenolic OH excluding ortho intramolecular Hbond substituents is 1. The van der Waals surface area contributed by atoms with E-state index in [2.05, 4.69) is 18.7 Å². The lowest BCUT2D eigenvalue weighted by atomic mass is 10.1. The van der Waals surface area contributed by atoms with Crippen molar-refractivity contribution in [2.45, 2.75) is 37.3 Å². The second-order valence-electron chi connectivity index (χ2n) is 7.76. The van der Waals surface area contributed by atoms with Gasteiger partial charge in [-0.2, -0.15) is 0 Å². The summed E-state index contributed by atoms with van der Waals surface area (Å²) in [6, 6.07) is 11.3. The first-order valence-electron chi connectivity index (χ1n) is 9.79. The predicted molar refractivity (Wildman–Crippen MR) is 109 cm³/mol. The molecule has 2 aliphatic rings. The highest BCUT2D eigenvalue weighted by Crippen LogP contribution is 2.44. The van der Waals surface area contributed by atoms with Crippen molar-refractivity contribution in [3.63, 3.8) is 0 Å². The molecule has 28 heavy (non-hydrogen) atoms. The molecule has 1 N–H and O–H groups in total. The molecule has 2 heterocycles. The Labute approximate surface area is 169 Å². The third-order valence-corrected chi connectivity index (χ3v) is 6.65. The summed E-state index contributed by atoms with van der Waals surface area (Å²) in [5, 5.41) is 9.50. The summed E-state index contributed by atoms with van der Waals surface area (Å²) < 4.78 is 25.9. The highest BCUT2D eigenvalue weighted by atomic mass is 32.2. The van der Waals surface area contributed by atoms with Gasteiger partial charge in [0.1, 0.15) is 24.2 Å². The normalized spacial score (nSPS) is 23.1. The van der Waals surface area contributed by atoms with Gasteiger partial charge in [0.05, 0.1) is 4.90 Å². The summed E-state index contributed by atoms with van der Waals surface area (Å²) in [5.41, 5.74) is 1.03. The Balaban J connectivity index is 1.35. The number of fused-ring (bicyclic) bond motifs is 1. The average Bonchev–Trinajstić information content (AvgIpc) is 3.15. The van der Waals surface area contributed by atoms with Crippen molar-refractivity contribution in [3.8, 4) is 17.2 Å². The Kier molecular flexibility index (Phi) is 5.69. The second kappa shape index (κ2) is 8.21. The van der Waals surface area contributed by atoms with E-state index in [1.807, 2.05) is 24.3 Å². The number of benzene rings is 2. The number of nitrogens with zero attached hydrogens (tertiary/aromatic N) is 1. The van der Waals surface area contributed by atoms with E-state index in [0.717, 1.165) is 30.3 Å². The molecule has 2 aliphatic heterocycles. The van der Waals surface area contributed by atoms with E-state index in [4.69, 9.17) is 9.47 Å². The highest BCUT2D eigenvalue weighted by molar-refractivity contribution is 7.99. The first-order valence-corrected chi connectivity index (χ1v) is 10.8. The molecule has 1 fully saturated rings. The second-order valence-corrected chi connectivity index (χ2v) is 8.79. The molecule has 0 bridgehead atoms. The van der Waals surface area contributed by atoms with Gasteiger partial charge in [-0.05, 0) is 55.6 Å². The van der Waals surface area contributed by atoms with Crippen LogP contribution in [0, 0.1) is 11.7 Å². The number of phenols is 1. The molecule has 0 saturated carbocycles. The van der Waals surface area contributed by atoms with E-state index in [1.165, 1.54) is 24.2 Å². The summed E-state index contributed by atoms with van der Waals surface area (Å²) in [5.74, 6) is 1.75. The molecule has 0 amide bonds. The van der Waals surface area contributed by atoms with Crippen LogP contribution >= 0.6 is 11.8 Å². The van der Waals surface area contributed by atoms with Crippen molar-refractivity contribution in [2.24, 2.45) is 5.92 Å². The summed E-state index contributed by atoms with van der Waals surface area (Å²) in [6.45, 7) is 7.50. The lowest BCUT2D eigenvalue weighted by molar-refractivity contribution is 0.169. The van der Waals surface area contributed by atoms with Crippen molar-refractivity contribution >= 4 is 11.8 Å². The molecule has 150 valence electrons. The molecule has 3 atom stereocenters. The molecule has 0 aliphatic carbocycles. The van der Waals surface area contributed by atoms with Gasteiger partial charge in [0.15, 0.2) is 11.6 Å². The molecule has 0 spiro atoms. The van der Waals surface area contributed by atoms with E-state index in [0.29, 0.717) is 29.0 Å². The van der Waals surface area contributed by atoms with Crippen LogP contribution in [0.2, 0.25) is 0 Å². The largest absolute Gasteiger partial charge is 0.505 e. The SMILES string of the molecule is CC1CCN(C(C)COc2ccc([C@H]3CSc4c(ccc(O)c4F)O3)cc2)C1. The van der Waals surface area contributed by atoms with Crippen LogP contribution in [0.15, 0.2) is 41.3 Å². The molecule has 2 unspecified atom stereocenters. The minimum atomic E-state index is -0.605. The van der Waals surface area contributed by atoms with Gasteiger partial charge >= 0.3 is 0 Å². The number of aromatic hydroxyl groups is 1. The molecule has 2 aromatic rings. The van der Waals surface area contributed by atoms with Crippen LogP contribution in [0.5, 0.6) is 17.2 Å². The number of halogens is 1. The topological polar surface area (TPSA) is 41.9 Å². The first kappa shape index (κ1) is 19.4. The minimum absolute atomic E-state index is 0.152. The lowest BCUT2D eigenvalue weighted by Crippen LogP contribution is -2.35. The average molecular weight is 404 g/mol. The molecule has 1 saturated heterocycles. The summed E-state index contributed by atoms with van der Waals surface area (Å²) in [7, 11) is 0. The predicted octanol–water partition coefficient (Wildman–Crippen LogP) is 4.87. The first-order chi connectivity index (χ1) is 13.5. The maximum atomic E-state index is 14.0. The fourth-order valence-corrected chi connectivity index (χ4v) is 4.80. The zero-order valence-electron chi connectivity index (χ0n) is 16.2. The van der Waals surface area contributed by atoms with Crippen molar-refractivity contribution in [2.75, 3.05) is 25.4 Å². The molecule has 0 radical (unpaired) electrons. The Hall–Kier alpha value is -1.92. The lowest BCUT2D eigenvalue weighted by Gasteiger charge is -2.26. The monoisotopic (exact) mass is 403 g/mol. The zero-order valence-corrected chi connectivity index (χ0v) is 17.0. The van der Waals surface area contributed by atoms with Gasteiger partial charge in [-0.25, -0.2) is 4.39 Å². The number of ether oxygens (including phenoxy) is 2. The molecular formula is C22H26FNO3S. The Morgan fingerprint density at radius 1 is 1.29 bits per heavy atom. The summed E-state index contributed by atoms with van der Waals surface area (Å²) in [6.07, 6.45) is 1.12. The fraction of sp³-hybridized carbons (Fsp3) is 0.455. The fourth-order valence-electron chi connectivity index (χ4n) is 3.74. The van der Waals surface area contributed by atoms with Crippen molar-refractivity contribution in [1.29, 1.82) is 0 Å². The molecule has 6 heteroatoms. The van der Waals surface area contributed by atoms with Gasteiger partial charge in [0, 0.05) is 18.3 Å². The van der Waals surface area contributed by atoms with Crippen LogP contribution in [0.25, 0.3) is 0 Å². The van der Waals surface area contributed by atoms with Crippen LogP contribution in [-0.2, 0) is 0 Å². The van der Waals surface area contributed by atoms with E-state index < -0.39 is 5.82 Å². The van der Waals surface area contributed by atoms with Crippen LogP contribution in [0.3, 0.4) is 0 Å². The number of likely N-dealkylation sites (tertiary alicyclic amines) is 1. The molecular weight excluding hydrogens is 377 g/mol. The van der Waals surface area contributed by atoms with E-state index in [9.17, 15) is 9.50 Å². The number of rotatable bonds is 5. The van der Waals surface area contributed by atoms with Crippen LogP contribution in [0.4, 0.5) is 4.39 Å². The maximum Gasteiger partial charge on any atom is 0.182 e. The molecule has 4 rings (SSSR count). The molecule has 0 aromatic heterocycles. The maximum absolute atomic E-state index is 14.0. The third kappa shape index (κ3) is 4.08. The van der Waals surface area contributed by atoms with Crippen LogP contribution in [-0.4, -0.2) is 41.5 Å². The highest BCUT2D eigenvalue weighted by Gasteiger charge is 2.26. The van der Waals surface area contributed by atoms with Gasteiger partial charge < -0.3 is 14.6 Å².